The summed E-state index contributed by atoms with van der Waals surface area (Å²) >= 11 is 0. The molecule has 3 heterocycles. The van der Waals surface area contributed by atoms with Gasteiger partial charge in [0.1, 0.15) is 42.7 Å². The van der Waals surface area contributed by atoms with Gasteiger partial charge in [0.25, 0.3) is 5.79 Å². The molecule has 0 spiro atoms. The van der Waals surface area contributed by atoms with E-state index in [1.54, 1.807) is 0 Å². The lowest BCUT2D eigenvalue weighted by Gasteiger charge is -2.49. The number of aliphatic carboxylic acids is 1. The second-order valence-electron chi connectivity index (χ2n) is 11.1. The van der Waals surface area contributed by atoms with Crippen molar-refractivity contribution in [2.45, 2.75) is 126 Å². The molecule has 0 aromatic heterocycles. The van der Waals surface area contributed by atoms with Crippen molar-refractivity contribution in [3.8, 4) is 0 Å². The molecule has 0 saturated carbocycles. The van der Waals surface area contributed by atoms with Crippen LogP contribution >= 0.6 is 0 Å². The van der Waals surface area contributed by atoms with E-state index in [0.29, 0.717) is 0 Å². The third kappa shape index (κ3) is 7.80. The molecule has 3 rings (SSSR count). The first kappa shape index (κ1) is 35.9. The van der Waals surface area contributed by atoms with Crippen molar-refractivity contribution in [2.24, 2.45) is 0 Å². The van der Waals surface area contributed by atoms with E-state index in [0.717, 1.165) is 13.8 Å². The number of hydrogen-bond acceptors (Lipinski definition) is 15. The average molecular weight is 640 g/mol. The summed E-state index contributed by atoms with van der Waals surface area (Å²) in [5.74, 6) is -5.76. The molecule has 10 N–H and O–H groups in total. The van der Waals surface area contributed by atoms with Gasteiger partial charge < -0.3 is 75.4 Å². The Morgan fingerprint density at radius 1 is 1.00 bits per heavy atom. The van der Waals surface area contributed by atoms with E-state index in [2.05, 4.69) is 16.0 Å². The first-order valence-electron chi connectivity index (χ1n) is 13.9. The molecule has 19 nitrogen and oxygen atoms in total. The van der Waals surface area contributed by atoms with Crippen molar-refractivity contribution in [3.63, 3.8) is 0 Å². The molecule has 252 valence electrons. The Hall–Kier alpha value is -2.56. The summed E-state index contributed by atoms with van der Waals surface area (Å²) in [7, 11) is 0. The van der Waals surface area contributed by atoms with Crippen LogP contribution in [0.2, 0.25) is 0 Å². The van der Waals surface area contributed by atoms with Gasteiger partial charge in [-0.3, -0.25) is 14.4 Å². The van der Waals surface area contributed by atoms with E-state index in [1.807, 2.05) is 0 Å². The van der Waals surface area contributed by atoms with Crippen molar-refractivity contribution in [1.82, 2.24) is 16.0 Å². The number of hydrogen-bond donors (Lipinski definition) is 10. The van der Waals surface area contributed by atoms with E-state index in [4.69, 9.17) is 23.7 Å². The van der Waals surface area contributed by atoms with Gasteiger partial charge in [0, 0.05) is 20.3 Å². The minimum absolute atomic E-state index is 0.205. The number of ether oxygens (including phenoxy) is 5. The second kappa shape index (κ2) is 14.7. The average Bonchev–Trinajstić information content (AvgIpc) is 2.92. The number of nitrogens with one attached hydrogen (secondary N) is 3. The van der Waals surface area contributed by atoms with Crippen LogP contribution in [0.5, 0.6) is 0 Å². The molecular weight excluding hydrogens is 598 g/mol. The Balaban J connectivity index is 1.83. The first-order chi connectivity index (χ1) is 20.5. The van der Waals surface area contributed by atoms with E-state index >= 15 is 0 Å². The predicted molar refractivity (Wildman–Crippen MR) is 140 cm³/mol. The zero-order valence-electron chi connectivity index (χ0n) is 24.4. The monoisotopic (exact) mass is 639 g/mol. The van der Waals surface area contributed by atoms with Gasteiger partial charge in [-0.2, -0.15) is 0 Å². The van der Waals surface area contributed by atoms with Gasteiger partial charge in [0.15, 0.2) is 12.6 Å². The van der Waals surface area contributed by atoms with E-state index in [1.165, 1.54) is 13.8 Å². The quantitative estimate of drug-likeness (QED) is 0.0943. The van der Waals surface area contributed by atoms with Crippen molar-refractivity contribution in [3.05, 3.63) is 0 Å². The molecule has 3 fully saturated rings. The maximum atomic E-state index is 12.5. The second-order valence-corrected chi connectivity index (χ2v) is 11.1. The number of rotatable bonds is 11. The maximum Gasteiger partial charge on any atom is 0.364 e. The summed E-state index contributed by atoms with van der Waals surface area (Å²) in [6.45, 7) is 4.31. The molecule has 19 heteroatoms. The van der Waals surface area contributed by atoms with Gasteiger partial charge in [-0.1, -0.05) is 0 Å². The van der Waals surface area contributed by atoms with Crippen LogP contribution in [0, 0.1) is 0 Å². The zero-order chi connectivity index (χ0) is 33.1. The Labute approximate surface area is 251 Å². The van der Waals surface area contributed by atoms with E-state index < -0.39 is 122 Å². The number of amides is 3. The van der Waals surface area contributed by atoms with Gasteiger partial charge in [0.05, 0.1) is 37.0 Å². The van der Waals surface area contributed by atoms with Crippen LogP contribution in [0.4, 0.5) is 0 Å². The number of carbonyl (C=O) groups is 4. The standard InChI is InChI=1S/C25H41N3O16/c1-8(30)14(26-7-29)20-15(27-10(3)31)12(33)5-25(44-20,24(38)39)43-13-6-40-23(19(36)18(13)35)42-21-16(28-11(4)32)22(37)41-9(2)17(21)34/h7-9,12-23,30,33-37H,5-6H2,1-4H3,(H,26,29)(H,27,31)(H,28,32)(H,38,39)/t8-,9+,12-,13+,14-,15-,16+,17-,18-,19+,20-,21+,22+,23-,25-/m0/s1. The Morgan fingerprint density at radius 3 is 2.16 bits per heavy atom. The van der Waals surface area contributed by atoms with E-state index in [-0.39, 0.29) is 6.41 Å². The number of aliphatic hydroxyl groups excluding tert-OH is 6. The van der Waals surface area contributed by atoms with Gasteiger partial charge in [0.2, 0.25) is 18.2 Å². The van der Waals surface area contributed by atoms with Gasteiger partial charge >= 0.3 is 5.97 Å². The van der Waals surface area contributed by atoms with Crippen molar-refractivity contribution >= 4 is 24.2 Å². The highest BCUT2D eigenvalue weighted by Gasteiger charge is 2.58. The zero-order valence-corrected chi connectivity index (χ0v) is 24.4. The normalized spacial score (nSPS) is 42.4. The summed E-state index contributed by atoms with van der Waals surface area (Å²) in [5, 5.41) is 81.1. The van der Waals surface area contributed by atoms with Crippen LogP contribution in [0.15, 0.2) is 0 Å². The molecule has 0 aromatic carbocycles. The molecule has 15 atom stereocenters. The Kier molecular flexibility index (Phi) is 12.0. The first-order valence-corrected chi connectivity index (χ1v) is 13.9. The van der Waals surface area contributed by atoms with Crippen LogP contribution in [0.25, 0.3) is 0 Å². The fraction of sp³-hybridized carbons (Fsp3) is 0.840. The molecule has 3 aliphatic heterocycles. The summed E-state index contributed by atoms with van der Waals surface area (Å²) in [4.78, 5) is 47.3. The van der Waals surface area contributed by atoms with Crippen LogP contribution in [-0.2, 0) is 42.9 Å². The third-order valence-electron chi connectivity index (χ3n) is 7.67. The summed E-state index contributed by atoms with van der Waals surface area (Å²) in [6, 6.07) is -3.96. The maximum absolute atomic E-state index is 12.5. The topological polar surface area (TPSA) is 292 Å². The fourth-order valence-corrected chi connectivity index (χ4v) is 5.49. The molecule has 3 amide bonds. The smallest absolute Gasteiger partial charge is 0.364 e. The summed E-state index contributed by atoms with van der Waals surface area (Å²) < 4.78 is 27.8. The molecule has 0 bridgehead atoms. The van der Waals surface area contributed by atoms with Crippen LogP contribution < -0.4 is 16.0 Å². The molecule has 44 heavy (non-hydrogen) atoms. The number of carboxylic acids is 1. The fourth-order valence-electron chi connectivity index (χ4n) is 5.49. The van der Waals surface area contributed by atoms with Crippen LogP contribution in [0.3, 0.4) is 0 Å². The van der Waals surface area contributed by atoms with Gasteiger partial charge in [-0.15, -0.1) is 0 Å². The number of aliphatic hydroxyl groups is 6. The number of carboxylic acid groups (broad SMARTS) is 1. The highest BCUT2D eigenvalue weighted by molar-refractivity contribution is 5.76. The predicted octanol–water partition coefficient (Wildman–Crippen LogP) is -5.63. The third-order valence-corrected chi connectivity index (χ3v) is 7.67. The van der Waals surface area contributed by atoms with Crippen LogP contribution in [0.1, 0.15) is 34.1 Å². The summed E-state index contributed by atoms with van der Waals surface area (Å²) in [6.07, 6.45) is -17.8. The van der Waals surface area contributed by atoms with Crippen molar-refractivity contribution in [2.75, 3.05) is 6.61 Å². The molecule has 0 radical (unpaired) electrons. The van der Waals surface area contributed by atoms with E-state index in [9.17, 15) is 54.9 Å². The minimum Gasteiger partial charge on any atom is -0.477 e. The lowest BCUT2D eigenvalue weighted by atomic mass is 9.87. The van der Waals surface area contributed by atoms with Gasteiger partial charge in [-0.05, 0) is 13.8 Å². The molecule has 0 unspecified atom stereocenters. The van der Waals surface area contributed by atoms with Crippen LogP contribution in [-0.4, -0.2) is 158 Å². The Morgan fingerprint density at radius 2 is 1.61 bits per heavy atom. The lowest BCUT2D eigenvalue weighted by Crippen LogP contribution is -2.71. The summed E-state index contributed by atoms with van der Waals surface area (Å²) in [5.41, 5.74) is 0. The molecule has 3 saturated heterocycles. The van der Waals surface area contributed by atoms with Gasteiger partial charge in [-0.25, -0.2) is 4.79 Å². The Bertz CT molecular complexity index is 1040. The molecular formula is C25H41N3O16. The van der Waals surface area contributed by atoms with Crippen molar-refractivity contribution in [1.29, 1.82) is 0 Å². The number of carbonyl (C=O) groups excluding carboxylic acids is 3. The molecule has 0 aromatic rings. The lowest BCUT2D eigenvalue weighted by molar-refractivity contribution is -0.359. The molecule has 3 aliphatic rings. The highest BCUT2D eigenvalue weighted by Crippen LogP contribution is 2.36. The SMILES string of the molecule is CC(=O)N[C@@H]1[C@@H](O[C@@H]2OC[C@@H](O[C@@]3(C(=O)O)C[C@H](O)[C@H](NC(C)=O)[C@H]([C@@H](NC=O)[C@H](C)O)O3)[C@H](O)[C@H]2O)[C@@H](O)[C@@H](C)O[C@H]1O. The highest BCUT2D eigenvalue weighted by atomic mass is 16.8. The largest absolute Gasteiger partial charge is 0.477 e. The minimum atomic E-state index is -2.74. The molecule has 0 aliphatic carbocycles. The van der Waals surface area contributed by atoms with Crippen molar-refractivity contribution < 1.29 is 78.6 Å².